The molecule has 1 unspecified atom stereocenters. The summed E-state index contributed by atoms with van der Waals surface area (Å²) >= 11 is 12.3. The first-order valence-electron chi connectivity index (χ1n) is 10.2. The Morgan fingerprint density at radius 2 is 1.85 bits per heavy atom. The predicted molar refractivity (Wildman–Crippen MR) is 123 cm³/mol. The molecule has 0 aliphatic heterocycles. The molecule has 0 fully saturated rings. The van der Waals surface area contributed by atoms with E-state index in [2.05, 4.69) is 20.1 Å². The van der Waals surface area contributed by atoms with Crippen LogP contribution in [0.25, 0.3) is 0 Å². The van der Waals surface area contributed by atoms with E-state index in [1.165, 1.54) is 0 Å². The number of carboxylic acid groups (broad SMARTS) is 1. The molecule has 1 heterocycles. The number of rotatable bonds is 14. The molecule has 0 radical (unpaired) electrons. The largest absolute Gasteiger partial charge is 0.481 e. The van der Waals surface area contributed by atoms with Crippen molar-refractivity contribution >= 4 is 45.0 Å². The van der Waals surface area contributed by atoms with Crippen molar-refractivity contribution in [2.24, 2.45) is 0 Å². The van der Waals surface area contributed by atoms with Crippen LogP contribution in [0, 0.1) is 0 Å². The second kappa shape index (κ2) is 12.4. The summed E-state index contributed by atoms with van der Waals surface area (Å²) in [6.07, 6.45) is -0.538. The maximum absolute atomic E-state index is 12.7. The number of sulfonamides is 1. The summed E-state index contributed by atoms with van der Waals surface area (Å²) in [5.74, 6) is -2.04. The van der Waals surface area contributed by atoms with Crippen LogP contribution in [0.4, 0.5) is 0 Å². The maximum Gasteiger partial charge on any atom is 0.305 e. The summed E-state index contributed by atoms with van der Waals surface area (Å²) in [5, 5.41) is 21.7. The van der Waals surface area contributed by atoms with E-state index in [1.807, 2.05) is 18.7 Å². The third kappa shape index (κ3) is 8.63. The number of halogens is 2. The fourth-order valence-electron chi connectivity index (χ4n) is 2.98. The van der Waals surface area contributed by atoms with Crippen molar-refractivity contribution in [2.75, 3.05) is 25.4 Å². The van der Waals surface area contributed by atoms with Gasteiger partial charge in [-0.3, -0.25) is 9.59 Å². The Morgan fingerprint density at radius 3 is 2.42 bits per heavy atom. The lowest BCUT2D eigenvalue weighted by Crippen LogP contribution is -2.46. The highest BCUT2D eigenvalue weighted by Gasteiger charge is 2.28. The first-order valence-corrected chi connectivity index (χ1v) is 12.6. The highest BCUT2D eigenvalue weighted by molar-refractivity contribution is 7.89. The van der Waals surface area contributed by atoms with Gasteiger partial charge in [0.15, 0.2) is 11.6 Å². The van der Waals surface area contributed by atoms with E-state index < -0.39 is 40.8 Å². The van der Waals surface area contributed by atoms with E-state index in [0.717, 1.165) is 4.80 Å². The Bertz CT molecular complexity index is 1050. The number of ketones is 1. The van der Waals surface area contributed by atoms with Crippen molar-refractivity contribution in [2.45, 2.75) is 39.3 Å². The summed E-state index contributed by atoms with van der Waals surface area (Å²) in [6, 6.07) is 3.57. The van der Waals surface area contributed by atoms with Gasteiger partial charge in [-0.2, -0.15) is 4.80 Å². The van der Waals surface area contributed by atoms with Gasteiger partial charge in [0.25, 0.3) is 0 Å². The molecule has 0 spiro atoms. The monoisotopic (exact) mass is 520 g/mol. The number of Topliss-reactive ketones (excluding diaryl/α,β-unsaturated/α-hetero) is 1. The zero-order valence-electron chi connectivity index (χ0n) is 18.2. The Morgan fingerprint density at radius 1 is 1.21 bits per heavy atom. The molecule has 0 bridgehead atoms. The molecule has 1 aromatic carbocycles. The van der Waals surface area contributed by atoms with Crippen LogP contribution in [0.2, 0.25) is 10.0 Å². The van der Waals surface area contributed by atoms with Crippen LogP contribution in [0.5, 0.6) is 0 Å². The van der Waals surface area contributed by atoms with Crippen molar-refractivity contribution < 1.29 is 23.1 Å². The second-order valence-corrected chi connectivity index (χ2v) is 9.88. The van der Waals surface area contributed by atoms with Gasteiger partial charge >= 0.3 is 5.97 Å². The Kier molecular flexibility index (Phi) is 10.2. The standard InChI is InChI=1S/C19H26Cl2N6O5S/c1-3-26(4-2)8-9-33(31,32)24-16(11-19(29)30)17(28)12-27-23-18(22-25-27)10-13-14(20)6-5-7-15(13)21/h5-7,16,24H,3-4,8-12H2,1-2H3,(H,29,30). The minimum atomic E-state index is -3.89. The average molecular weight is 521 g/mol. The third-order valence-corrected chi connectivity index (χ3v) is 6.92. The summed E-state index contributed by atoms with van der Waals surface area (Å²) in [5.41, 5.74) is 0.594. The van der Waals surface area contributed by atoms with Crippen molar-refractivity contribution in [1.29, 1.82) is 0 Å². The molecule has 2 aromatic rings. The molecule has 1 atom stereocenters. The normalized spacial score (nSPS) is 12.8. The summed E-state index contributed by atoms with van der Waals surface area (Å²) < 4.78 is 27.1. The van der Waals surface area contributed by atoms with E-state index in [1.54, 1.807) is 18.2 Å². The number of carbonyl (C=O) groups excluding carboxylic acids is 1. The number of aromatic nitrogens is 4. The lowest BCUT2D eigenvalue weighted by molar-refractivity contribution is -0.139. The average Bonchev–Trinajstić information content (AvgIpc) is 3.17. The third-order valence-electron chi connectivity index (χ3n) is 4.85. The number of tetrazole rings is 1. The van der Waals surface area contributed by atoms with Crippen LogP contribution in [0.15, 0.2) is 18.2 Å². The Labute approximate surface area is 202 Å². The Hall–Kier alpha value is -2.12. The summed E-state index contributed by atoms with van der Waals surface area (Å²) in [6.45, 7) is 4.94. The van der Waals surface area contributed by atoms with E-state index in [-0.39, 0.29) is 24.5 Å². The molecule has 0 aliphatic rings. The molecule has 33 heavy (non-hydrogen) atoms. The van der Waals surface area contributed by atoms with Crippen LogP contribution < -0.4 is 4.72 Å². The van der Waals surface area contributed by atoms with Gasteiger partial charge in [0, 0.05) is 23.0 Å². The van der Waals surface area contributed by atoms with Gasteiger partial charge in [0.1, 0.15) is 6.54 Å². The lowest BCUT2D eigenvalue weighted by Gasteiger charge is -2.20. The fraction of sp³-hybridized carbons (Fsp3) is 0.526. The zero-order valence-corrected chi connectivity index (χ0v) is 20.6. The van der Waals surface area contributed by atoms with Crippen LogP contribution in [-0.4, -0.2) is 81.8 Å². The maximum atomic E-state index is 12.7. The molecule has 1 aromatic heterocycles. The second-order valence-electron chi connectivity index (χ2n) is 7.19. The van der Waals surface area contributed by atoms with Crippen molar-refractivity contribution in [3.05, 3.63) is 39.6 Å². The number of hydrogen-bond acceptors (Lipinski definition) is 8. The molecule has 2 rings (SSSR count). The molecule has 0 saturated carbocycles. The van der Waals surface area contributed by atoms with Gasteiger partial charge in [0.05, 0.1) is 18.2 Å². The minimum absolute atomic E-state index is 0.170. The van der Waals surface area contributed by atoms with Crippen molar-refractivity contribution in [3.63, 3.8) is 0 Å². The first kappa shape index (κ1) is 27.1. The highest BCUT2D eigenvalue weighted by Crippen LogP contribution is 2.25. The number of benzene rings is 1. The van der Waals surface area contributed by atoms with Crippen LogP contribution in [-0.2, 0) is 32.6 Å². The van der Waals surface area contributed by atoms with E-state index in [0.29, 0.717) is 28.7 Å². The van der Waals surface area contributed by atoms with Gasteiger partial charge in [-0.25, -0.2) is 13.1 Å². The number of nitrogens with one attached hydrogen (secondary N) is 1. The van der Waals surface area contributed by atoms with Crippen LogP contribution in [0.1, 0.15) is 31.7 Å². The molecule has 11 nitrogen and oxygen atoms in total. The minimum Gasteiger partial charge on any atom is -0.481 e. The van der Waals surface area contributed by atoms with Gasteiger partial charge in [-0.1, -0.05) is 43.1 Å². The summed E-state index contributed by atoms with van der Waals surface area (Å²) in [7, 11) is -3.89. The van der Waals surface area contributed by atoms with Crippen LogP contribution >= 0.6 is 23.2 Å². The van der Waals surface area contributed by atoms with Gasteiger partial charge < -0.3 is 10.0 Å². The zero-order chi connectivity index (χ0) is 24.6. The van der Waals surface area contributed by atoms with Gasteiger partial charge in [0.2, 0.25) is 10.0 Å². The smallest absolute Gasteiger partial charge is 0.305 e. The number of carboxylic acids is 1. The van der Waals surface area contributed by atoms with Crippen molar-refractivity contribution in [3.8, 4) is 0 Å². The molecule has 182 valence electrons. The highest BCUT2D eigenvalue weighted by atomic mass is 35.5. The van der Waals surface area contributed by atoms with E-state index in [4.69, 9.17) is 28.3 Å². The number of carbonyl (C=O) groups is 2. The van der Waals surface area contributed by atoms with E-state index in [9.17, 15) is 18.0 Å². The molecular weight excluding hydrogens is 495 g/mol. The number of aliphatic carboxylic acids is 1. The van der Waals surface area contributed by atoms with Gasteiger partial charge in [-0.15, -0.1) is 10.2 Å². The first-order chi connectivity index (χ1) is 15.5. The van der Waals surface area contributed by atoms with Crippen molar-refractivity contribution in [1.82, 2.24) is 29.8 Å². The van der Waals surface area contributed by atoms with Gasteiger partial charge in [-0.05, 0) is 36.0 Å². The number of nitrogens with zero attached hydrogens (tertiary/aromatic N) is 5. The molecule has 0 amide bonds. The number of hydrogen-bond donors (Lipinski definition) is 2. The fourth-order valence-corrected chi connectivity index (χ4v) is 4.78. The van der Waals surface area contributed by atoms with E-state index >= 15 is 0 Å². The predicted octanol–water partition coefficient (Wildman–Crippen LogP) is 1.24. The molecule has 0 aliphatic carbocycles. The SMILES string of the molecule is CCN(CC)CCS(=O)(=O)NC(CC(=O)O)C(=O)Cn1nnc(Cc2c(Cl)cccc2Cl)n1. The Balaban J connectivity index is 2.07. The molecule has 14 heteroatoms. The topological polar surface area (TPSA) is 147 Å². The molecule has 2 N–H and O–H groups in total. The lowest BCUT2D eigenvalue weighted by atomic mass is 10.1. The summed E-state index contributed by atoms with van der Waals surface area (Å²) in [4.78, 5) is 26.8. The molecule has 0 saturated heterocycles. The quantitative estimate of drug-likeness (QED) is 0.375. The van der Waals surface area contributed by atoms with Crippen LogP contribution in [0.3, 0.4) is 0 Å². The molecular formula is C19H26Cl2N6O5S.